The molecule has 78 valence electrons. The van der Waals surface area contributed by atoms with Gasteiger partial charge in [-0.3, -0.25) is 15.8 Å². The average molecular weight is 205 g/mol. The van der Waals surface area contributed by atoms with Crippen LogP contribution in [-0.2, 0) is 12.7 Å². The predicted octanol–water partition coefficient (Wildman–Crippen LogP) is 1.32. The molecule has 0 spiro atoms. The van der Waals surface area contributed by atoms with E-state index in [1.54, 1.807) is 7.05 Å². The fourth-order valence-electron chi connectivity index (χ4n) is 0.876. The van der Waals surface area contributed by atoms with Gasteiger partial charge in [0.2, 0.25) is 0 Å². The lowest BCUT2D eigenvalue weighted by Gasteiger charge is -2.06. The zero-order valence-corrected chi connectivity index (χ0v) is 7.52. The minimum atomic E-state index is -4.32. The number of aromatic nitrogens is 1. The van der Waals surface area contributed by atoms with Crippen LogP contribution in [0.2, 0.25) is 0 Å². The summed E-state index contributed by atoms with van der Waals surface area (Å²) in [6.07, 6.45) is -3.49. The van der Waals surface area contributed by atoms with Gasteiger partial charge in [0.1, 0.15) is 0 Å². The molecule has 2 N–H and O–H groups in total. The van der Waals surface area contributed by atoms with Gasteiger partial charge in [-0.25, -0.2) is 0 Å². The summed E-state index contributed by atoms with van der Waals surface area (Å²) in [5, 5.41) is 0. The first-order valence-electron chi connectivity index (χ1n) is 3.96. The van der Waals surface area contributed by atoms with Gasteiger partial charge in [-0.15, -0.1) is 0 Å². The maximum absolute atomic E-state index is 12.1. The maximum Gasteiger partial charge on any atom is 0.417 e. The van der Waals surface area contributed by atoms with E-state index < -0.39 is 11.7 Å². The van der Waals surface area contributed by atoms with E-state index in [9.17, 15) is 13.2 Å². The lowest BCUT2D eigenvalue weighted by atomic mass is 10.2. The van der Waals surface area contributed by atoms with Crippen molar-refractivity contribution in [3.63, 3.8) is 0 Å². The molecule has 1 heterocycles. The first kappa shape index (κ1) is 10.9. The van der Waals surface area contributed by atoms with Crippen molar-refractivity contribution in [2.45, 2.75) is 12.7 Å². The van der Waals surface area contributed by atoms with Crippen LogP contribution < -0.4 is 10.9 Å². The highest BCUT2D eigenvalue weighted by molar-refractivity contribution is 5.16. The van der Waals surface area contributed by atoms with Crippen LogP contribution in [-0.4, -0.2) is 12.0 Å². The molecule has 0 saturated carbocycles. The average Bonchev–Trinajstić information content (AvgIpc) is 2.14. The van der Waals surface area contributed by atoms with Crippen molar-refractivity contribution < 1.29 is 13.2 Å². The summed E-state index contributed by atoms with van der Waals surface area (Å²) >= 11 is 0. The standard InChI is InChI=1S/C8H10F3N3/c1-12-14-5-7-3-2-6(4-13-7)8(9,10)11/h2-4,12,14H,5H2,1H3. The third-order valence-corrected chi connectivity index (χ3v) is 1.60. The number of nitrogens with zero attached hydrogens (tertiary/aromatic N) is 1. The molecule has 1 aromatic rings. The van der Waals surface area contributed by atoms with E-state index in [0.29, 0.717) is 12.2 Å². The highest BCUT2D eigenvalue weighted by atomic mass is 19.4. The van der Waals surface area contributed by atoms with Crippen LogP contribution in [0.15, 0.2) is 18.3 Å². The van der Waals surface area contributed by atoms with E-state index in [-0.39, 0.29) is 0 Å². The quantitative estimate of drug-likeness (QED) is 0.731. The van der Waals surface area contributed by atoms with E-state index in [0.717, 1.165) is 12.3 Å². The Bertz CT molecular complexity index is 281. The van der Waals surface area contributed by atoms with Crippen molar-refractivity contribution in [1.29, 1.82) is 0 Å². The van der Waals surface area contributed by atoms with E-state index in [4.69, 9.17) is 0 Å². The van der Waals surface area contributed by atoms with Crippen LogP contribution >= 0.6 is 0 Å². The van der Waals surface area contributed by atoms with Gasteiger partial charge in [0.25, 0.3) is 0 Å². The van der Waals surface area contributed by atoms with Crippen LogP contribution in [0.3, 0.4) is 0 Å². The summed E-state index contributed by atoms with van der Waals surface area (Å²) in [6.45, 7) is 0.384. The zero-order valence-electron chi connectivity index (χ0n) is 7.52. The SMILES string of the molecule is CNNCc1ccc(C(F)(F)F)cn1. The molecule has 0 saturated heterocycles. The number of halogens is 3. The van der Waals surface area contributed by atoms with E-state index >= 15 is 0 Å². The molecular formula is C8H10F3N3. The minimum absolute atomic E-state index is 0.384. The van der Waals surface area contributed by atoms with Gasteiger partial charge in [0, 0.05) is 6.20 Å². The Labute approximate surface area is 79.3 Å². The van der Waals surface area contributed by atoms with Gasteiger partial charge in [0.05, 0.1) is 17.8 Å². The van der Waals surface area contributed by atoms with Crippen molar-refractivity contribution in [1.82, 2.24) is 15.8 Å². The normalized spacial score (nSPS) is 11.7. The molecule has 0 aliphatic carbocycles. The second kappa shape index (κ2) is 4.39. The first-order chi connectivity index (χ1) is 6.54. The predicted molar refractivity (Wildman–Crippen MR) is 45.1 cm³/mol. The molecule has 3 nitrogen and oxygen atoms in total. The number of pyridine rings is 1. The maximum atomic E-state index is 12.1. The molecule has 6 heteroatoms. The Kier molecular flexibility index (Phi) is 3.43. The van der Waals surface area contributed by atoms with E-state index in [1.165, 1.54) is 6.07 Å². The van der Waals surface area contributed by atoms with Gasteiger partial charge >= 0.3 is 6.18 Å². The Morgan fingerprint density at radius 1 is 1.36 bits per heavy atom. The van der Waals surface area contributed by atoms with Crippen molar-refractivity contribution >= 4 is 0 Å². The van der Waals surface area contributed by atoms with Gasteiger partial charge in [-0.05, 0) is 19.2 Å². The molecule has 0 unspecified atom stereocenters. The molecule has 0 amide bonds. The van der Waals surface area contributed by atoms with Crippen molar-refractivity contribution in [3.8, 4) is 0 Å². The molecule has 0 aliphatic rings. The van der Waals surface area contributed by atoms with Gasteiger partial charge in [0.15, 0.2) is 0 Å². The fourth-order valence-corrected chi connectivity index (χ4v) is 0.876. The Hall–Kier alpha value is -1.14. The molecule has 1 rings (SSSR count). The third kappa shape index (κ3) is 2.97. The summed E-state index contributed by atoms with van der Waals surface area (Å²) in [5.74, 6) is 0. The van der Waals surface area contributed by atoms with E-state index in [2.05, 4.69) is 15.8 Å². The van der Waals surface area contributed by atoms with Crippen molar-refractivity contribution in [2.75, 3.05) is 7.05 Å². The highest BCUT2D eigenvalue weighted by Crippen LogP contribution is 2.28. The number of hydrogen-bond donors (Lipinski definition) is 2. The molecular weight excluding hydrogens is 195 g/mol. The van der Waals surface area contributed by atoms with Crippen molar-refractivity contribution in [3.05, 3.63) is 29.6 Å². The van der Waals surface area contributed by atoms with Crippen LogP contribution in [0.4, 0.5) is 13.2 Å². The summed E-state index contributed by atoms with van der Waals surface area (Å²) in [7, 11) is 1.67. The van der Waals surface area contributed by atoms with Crippen LogP contribution in [0.25, 0.3) is 0 Å². The van der Waals surface area contributed by atoms with Gasteiger partial charge in [-0.1, -0.05) is 0 Å². The lowest BCUT2D eigenvalue weighted by molar-refractivity contribution is -0.137. The number of alkyl halides is 3. The summed E-state index contributed by atoms with van der Waals surface area (Å²) in [5.41, 5.74) is 5.20. The number of hydrogen-bond acceptors (Lipinski definition) is 3. The monoisotopic (exact) mass is 205 g/mol. The zero-order chi connectivity index (χ0) is 10.6. The van der Waals surface area contributed by atoms with E-state index in [1.807, 2.05) is 0 Å². The lowest BCUT2D eigenvalue weighted by Crippen LogP contribution is -2.27. The Morgan fingerprint density at radius 3 is 2.50 bits per heavy atom. The van der Waals surface area contributed by atoms with Gasteiger partial charge < -0.3 is 0 Å². The smallest absolute Gasteiger partial charge is 0.261 e. The topological polar surface area (TPSA) is 37.0 Å². The molecule has 0 radical (unpaired) electrons. The van der Waals surface area contributed by atoms with Crippen molar-refractivity contribution in [2.24, 2.45) is 0 Å². The second-order valence-corrected chi connectivity index (χ2v) is 2.64. The Balaban J connectivity index is 2.69. The largest absolute Gasteiger partial charge is 0.417 e. The Morgan fingerprint density at radius 2 is 2.07 bits per heavy atom. The van der Waals surface area contributed by atoms with Crippen LogP contribution in [0, 0.1) is 0 Å². The molecule has 0 aromatic carbocycles. The number of nitrogens with one attached hydrogen (secondary N) is 2. The summed E-state index contributed by atoms with van der Waals surface area (Å²) < 4.78 is 36.3. The number of rotatable bonds is 3. The van der Waals surface area contributed by atoms with Crippen LogP contribution in [0.1, 0.15) is 11.3 Å². The molecule has 14 heavy (non-hydrogen) atoms. The molecule has 0 atom stereocenters. The highest BCUT2D eigenvalue weighted by Gasteiger charge is 2.30. The molecule has 0 fully saturated rings. The fraction of sp³-hybridized carbons (Fsp3) is 0.375. The third-order valence-electron chi connectivity index (χ3n) is 1.60. The molecule has 0 bridgehead atoms. The molecule has 0 aliphatic heterocycles. The molecule has 1 aromatic heterocycles. The first-order valence-corrected chi connectivity index (χ1v) is 3.96. The summed E-state index contributed by atoms with van der Waals surface area (Å²) in [4.78, 5) is 3.66. The number of hydrazine groups is 1. The van der Waals surface area contributed by atoms with Gasteiger partial charge in [-0.2, -0.15) is 13.2 Å². The summed E-state index contributed by atoms with van der Waals surface area (Å²) in [6, 6.07) is 2.35. The second-order valence-electron chi connectivity index (χ2n) is 2.64. The van der Waals surface area contributed by atoms with Crippen LogP contribution in [0.5, 0.6) is 0 Å². The minimum Gasteiger partial charge on any atom is -0.261 e.